The molecule has 72 valence electrons. The van der Waals surface area contributed by atoms with Gasteiger partial charge < -0.3 is 9.61 Å². The minimum Gasteiger partial charge on any atom is -0.327 e. The molecule has 6 heteroatoms. The van der Waals surface area contributed by atoms with Crippen LogP contribution in [0.3, 0.4) is 0 Å². The number of nitrogens with one attached hydrogen (secondary N) is 1. The topological polar surface area (TPSA) is 38.3 Å². The van der Waals surface area contributed by atoms with Crippen molar-refractivity contribution in [3.63, 3.8) is 0 Å². The molecule has 0 aliphatic rings. The molecule has 0 aromatic rings. The van der Waals surface area contributed by atoms with Crippen molar-refractivity contribution >= 4 is 35.2 Å². The molecule has 0 heterocycles. The van der Waals surface area contributed by atoms with Crippen LogP contribution in [-0.2, 0) is 21.1 Å². The molecule has 0 spiro atoms. The summed E-state index contributed by atoms with van der Waals surface area (Å²) in [6.45, 7) is 4.49. The molecular formula is C6H14NO2PS2. The second kappa shape index (κ2) is 6.89. The summed E-state index contributed by atoms with van der Waals surface area (Å²) in [5, 5.41) is 2.58. The standard InChI is InChI=1S/C6H14NO2PS2/c1-3-5-12-10(11,7-6-8)9-4-2/h6H,3-5H2,1-2H3,(H,7,8,11). The van der Waals surface area contributed by atoms with Gasteiger partial charge in [0.25, 0.3) is 0 Å². The normalized spacial score (nSPS) is 15.2. The molecule has 1 amide bonds. The third-order valence-electron chi connectivity index (χ3n) is 0.975. The first kappa shape index (κ1) is 12.4. The van der Waals surface area contributed by atoms with Crippen molar-refractivity contribution in [1.82, 2.24) is 5.09 Å². The van der Waals surface area contributed by atoms with E-state index in [2.05, 4.69) is 12.0 Å². The molecule has 12 heavy (non-hydrogen) atoms. The smallest absolute Gasteiger partial charge is 0.213 e. The number of rotatable bonds is 7. The van der Waals surface area contributed by atoms with E-state index < -0.39 is 5.62 Å². The molecular weight excluding hydrogens is 213 g/mol. The molecule has 0 fully saturated rings. The largest absolute Gasteiger partial charge is 0.327 e. The van der Waals surface area contributed by atoms with E-state index in [1.807, 2.05) is 6.92 Å². The zero-order valence-corrected chi connectivity index (χ0v) is 9.81. The quantitative estimate of drug-likeness (QED) is 0.534. The van der Waals surface area contributed by atoms with E-state index in [1.54, 1.807) is 0 Å². The van der Waals surface area contributed by atoms with E-state index in [4.69, 9.17) is 16.3 Å². The second-order valence-corrected chi connectivity index (χ2v) is 8.73. The maximum absolute atomic E-state index is 10.2. The predicted molar refractivity (Wildman–Crippen MR) is 57.9 cm³/mol. The highest BCUT2D eigenvalue weighted by molar-refractivity contribution is 8.68. The Balaban J connectivity index is 3.98. The summed E-state index contributed by atoms with van der Waals surface area (Å²) in [5.74, 6) is 0.929. The Kier molecular flexibility index (Phi) is 7.14. The van der Waals surface area contributed by atoms with Gasteiger partial charge in [0.15, 0.2) is 0 Å². The Morgan fingerprint density at radius 1 is 1.67 bits per heavy atom. The van der Waals surface area contributed by atoms with Gasteiger partial charge in [-0.2, -0.15) is 0 Å². The first-order valence-corrected chi connectivity index (χ1v) is 8.10. The summed E-state index contributed by atoms with van der Waals surface area (Å²) in [4.78, 5) is 10.2. The van der Waals surface area contributed by atoms with Gasteiger partial charge in [-0.25, -0.2) is 0 Å². The molecule has 0 bridgehead atoms. The van der Waals surface area contributed by atoms with E-state index in [1.165, 1.54) is 11.4 Å². The van der Waals surface area contributed by atoms with E-state index in [9.17, 15) is 4.79 Å². The van der Waals surface area contributed by atoms with Gasteiger partial charge in [-0.05, 0) is 25.2 Å². The Labute approximate surface area is 82.5 Å². The summed E-state index contributed by atoms with van der Waals surface area (Å²) in [7, 11) is 0. The number of hydrogen-bond donors (Lipinski definition) is 1. The summed E-state index contributed by atoms with van der Waals surface area (Å²) >= 11 is 6.71. The molecule has 0 aliphatic carbocycles. The van der Waals surface area contributed by atoms with Crippen molar-refractivity contribution < 1.29 is 9.32 Å². The SMILES string of the molecule is CCCSP(=S)(NC=O)OCC. The van der Waals surface area contributed by atoms with Crippen LogP contribution < -0.4 is 5.09 Å². The molecule has 3 nitrogen and oxygen atoms in total. The first-order chi connectivity index (χ1) is 5.68. The maximum atomic E-state index is 10.2. The van der Waals surface area contributed by atoms with E-state index in [0.29, 0.717) is 13.0 Å². The van der Waals surface area contributed by atoms with Crippen molar-refractivity contribution in [1.29, 1.82) is 0 Å². The highest BCUT2D eigenvalue weighted by atomic mass is 32.9. The third kappa shape index (κ3) is 5.14. The van der Waals surface area contributed by atoms with Crippen LogP contribution in [0.25, 0.3) is 0 Å². The lowest BCUT2D eigenvalue weighted by Crippen LogP contribution is -2.07. The molecule has 1 atom stereocenters. The highest BCUT2D eigenvalue weighted by Crippen LogP contribution is 2.55. The fourth-order valence-corrected chi connectivity index (χ4v) is 4.95. The minimum atomic E-state index is -2.10. The summed E-state index contributed by atoms with van der Waals surface area (Å²) in [5.41, 5.74) is -2.10. The van der Waals surface area contributed by atoms with E-state index >= 15 is 0 Å². The van der Waals surface area contributed by atoms with Crippen LogP contribution >= 0.6 is 17.0 Å². The predicted octanol–water partition coefficient (Wildman–Crippen LogP) is 2.14. The molecule has 0 rings (SSSR count). The third-order valence-corrected chi connectivity index (χ3v) is 6.71. The first-order valence-electron chi connectivity index (χ1n) is 3.79. The van der Waals surface area contributed by atoms with Crippen LogP contribution in [0.2, 0.25) is 0 Å². The van der Waals surface area contributed by atoms with Crippen molar-refractivity contribution in [2.24, 2.45) is 0 Å². The molecule has 0 radical (unpaired) electrons. The highest BCUT2D eigenvalue weighted by Gasteiger charge is 2.15. The van der Waals surface area contributed by atoms with Gasteiger partial charge in [0.2, 0.25) is 12.0 Å². The molecule has 1 unspecified atom stereocenters. The lowest BCUT2D eigenvalue weighted by atomic mass is 10.6. The van der Waals surface area contributed by atoms with Gasteiger partial charge in [0.1, 0.15) is 0 Å². The number of amides is 1. The zero-order valence-electron chi connectivity index (χ0n) is 7.28. The molecule has 0 aliphatic heterocycles. The Morgan fingerprint density at radius 3 is 2.75 bits per heavy atom. The summed E-state index contributed by atoms with van der Waals surface area (Å²) in [6.07, 6.45) is 1.66. The van der Waals surface area contributed by atoms with Gasteiger partial charge in [0.05, 0.1) is 6.61 Å². The minimum absolute atomic E-state index is 0.550. The Morgan fingerprint density at radius 2 is 2.33 bits per heavy atom. The maximum Gasteiger partial charge on any atom is 0.213 e. The van der Waals surface area contributed by atoms with Crippen LogP contribution in [0.5, 0.6) is 0 Å². The van der Waals surface area contributed by atoms with E-state index in [0.717, 1.165) is 12.2 Å². The second-order valence-electron chi connectivity index (χ2n) is 2.00. The van der Waals surface area contributed by atoms with Crippen LogP contribution in [0, 0.1) is 0 Å². The van der Waals surface area contributed by atoms with Gasteiger partial charge in [0, 0.05) is 5.75 Å². The monoisotopic (exact) mass is 227 g/mol. The van der Waals surface area contributed by atoms with Crippen LogP contribution in [-0.4, -0.2) is 18.8 Å². The van der Waals surface area contributed by atoms with Gasteiger partial charge in [-0.3, -0.25) is 4.79 Å². The molecule has 0 saturated heterocycles. The Hall–Kier alpha value is 0.430. The number of hydrogen-bond acceptors (Lipinski definition) is 4. The van der Waals surface area contributed by atoms with Crippen LogP contribution in [0.1, 0.15) is 20.3 Å². The number of carbonyl (C=O) groups is 1. The van der Waals surface area contributed by atoms with Crippen LogP contribution in [0.15, 0.2) is 0 Å². The van der Waals surface area contributed by atoms with Gasteiger partial charge in [-0.15, -0.1) is 0 Å². The fraction of sp³-hybridized carbons (Fsp3) is 0.833. The van der Waals surface area contributed by atoms with Crippen molar-refractivity contribution in [3.05, 3.63) is 0 Å². The zero-order chi connectivity index (χ0) is 9.45. The summed E-state index contributed by atoms with van der Waals surface area (Å²) < 4.78 is 5.32. The van der Waals surface area contributed by atoms with Crippen LogP contribution in [0.4, 0.5) is 0 Å². The lowest BCUT2D eigenvalue weighted by molar-refractivity contribution is -0.108. The lowest BCUT2D eigenvalue weighted by Gasteiger charge is -2.18. The van der Waals surface area contributed by atoms with E-state index in [-0.39, 0.29) is 0 Å². The van der Waals surface area contributed by atoms with Crippen molar-refractivity contribution in [3.8, 4) is 0 Å². The number of carbonyl (C=O) groups excluding carboxylic acids is 1. The molecule has 0 aromatic carbocycles. The summed E-state index contributed by atoms with van der Waals surface area (Å²) in [6, 6.07) is 0. The average molecular weight is 227 g/mol. The molecule has 1 N–H and O–H groups in total. The van der Waals surface area contributed by atoms with Gasteiger partial charge in [-0.1, -0.05) is 18.3 Å². The molecule has 0 aromatic heterocycles. The van der Waals surface area contributed by atoms with Crippen molar-refractivity contribution in [2.75, 3.05) is 12.4 Å². The average Bonchev–Trinajstić information content (AvgIpc) is 2.02. The Bertz CT molecular complexity index is 177. The van der Waals surface area contributed by atoms with Gasteiger partial charge >= 0.3 is 0 Å². The van der Waals surface area contributed by atoms with Crippen molar-refractivity contribution in [2.45, 2.75) is 20.3 Å². The fourth-order valence-electron chi connectivity index (χ4n) is 0.558. The molecule has 0 saturated carbocycles.